The van der Waals surface area contributed by atoms with E-state index in [2.05, 4.69) is 20.1 Å². The fourth-order valence-electron chi connectivity index (χ4n) is 3.43. The quantitative estimate of drug-likeness (QED) is 0.601. The Labute approximate surface area is 146 Å². The van der Waals surface area contributed by atoms with Crippen molar-refractivity contribution in [2.24, 2.45) is 16.6 Å². The zero-order chi connectivity index (χ0) is 17.6. The first kappa shape index (κ1) is 19.0. The summed E-state index contributed by atoms with van der Waals surface area (Å²) in [5.74, 6) is 1.44. The first-order valence-electron chi connectivity index (χ1n) is 9.42. The molecule has 2 fully saturated rings. The molecule has 2 saturated heterocycles. The lowest BCUT2D eigenvalue weighted by Gasteiger charge is -2.32. The van der Waals surface area contributed by atoms with Crippen LogP contribution in [0.1, 0.15) is 52.9 Å². The number of hydrogen-bond donors (Lipinski definition) is 2. The second-order valence-electron chi connectivity index (χ2n) is 8.26. The van der Waals surface area contributed by atoms with Crippen LogP contribution in [-0.2, 0) is 4.79 Å². The van der Waals surface area contributed by atoms with Crippen LogP contribution in [0.4, 0.5) is 0 Å². The lowest BCUT2D eigenvalue weighted by Crippen LogP contribution is -2.47. The van der Waals surface area contributed by atoms with Gasteiger partial charge in [-0.15, -0.1) is 0 Å². The third-order valence-electron chi connectivity index (χ3n) is 4.78. The zero-order valence-electron chi connectivity index (χ0n) is 15.7. The van der Waals surface area contributed by atoms with Gasteiger partial charge in [-0.05, 0) is 71.9 Å². The number of hydrogen-bond acceptors (Lipinski definition) is 3. The number of nitrogens with zero attached hydrogens (tertiary/aromatic N) is 3. The molecular formula is C18H35N5O. The predicted molar refractivity (Wildman–Crippen MR) is 99.0 cm³/mol. The summed E-state index contributed by atoms with van der Waals surface area (Å²) in [4.78, 5) is 21.1. The Kier molecular flexibility index (Phi) is 6.90. The fourth-order valence-corrected chi connectivity index (χ4v) is 3.43. The van der Waals surface area contributed by atoms with Crippen molar-refractivity contribution in [3.8, 4) is 0 Å². The van der Waals surface area contributed by atoms with Crippen molar-refractivity contribution >= 4 is 11.9 Å². The van der Waals surface area contributed by atoms with Crippen molar-refractivity contribution in [3.05, 3.63) is 0 Å². The number of rotatable bonds is 4. The molecule has 0 aromatic carbocycles. The highest BCUT2D eigenvalue weighted by Crippen LogP contribution is 2.17. The molecule has 0 spiro atoms. The molecule has 138 valence electrons. The zero-order valence-corrected chi connectivity index (χ0v) is 15.7. The van der Waals surface area contributed by atoms with E-state index in [-0.39, 0.29) is 11.4 Å². The molecule has 2 rings (SSSR count). The smallest absolute Gasteiger partial charge is 0.234 e. The molecular weight excluding hydrogens is 302 g/mol. The molecule has 3 N–H and O–H groups in total. The second-order valence-corrected chi connectivity index (χ2v) is 8.26. The number of likely N-dealkylation sites (tertiary alicyclic amines) is 2. The molecule has 0 saturated carbocycles. The van der Waals surface area contributed by atoms with Crippen molar-refractivity contribution in [2.75, 3.05) is 39.3 Å². The lowest BCUT2D eigenvalue weighted by molar-refractivity contribution is -0.124. The van der Waals surface area contributed by atoms with Crippen LogP contribution < -0.4 is 11.1 Å². The lowest BCUT2D eigenvalue weighted by atomic mass is 9.97. The van der Waals surface area contributed by atoms with E-state index >= 15 is 0 Å². The Morgan fingerprint density at radius 3 is 2.33 bits per heavy atom. The molecule has 0 aromatic heterocycles. The van der Waals surface area contributed by atoms with Crippen molar-refractivity contribution in [1.29, 1.82) is 0 Å². The van der Waals surface area contributed by atoms with Gasteiger partial charge >= 0.3 is 0 Å². The first-order valence-corrected chi connectivity index (χ1v) is 9.42. The van der Waals surface area contributed by atoms with Crippen molar-refractivity contribution < 1.29 is 4.79 Å². The third kappa shape index (κ3) is 6.67. The Hall–Kier alpha value is -1.30. The van der Waals surface area contributed by atoms with Gasteiger partial charge in [-0.1, -0.05) is 0 Å². The molecule has 2 aliphatic rings. The number of nitrogens with one attached hydrogen (secondary N) is 1. The molecule has 0 aliphatic carbocycles. The maximum absolute atomic E-state index is 12.0. The molecule has 24 heavy (non-hydrogen) atoms. The van der Waals surface area contributed by atoms with Gasteiger partial charge in [-0.3, -0.25) is 14.7 Å². The second kappa shape index (κ2) is 8.70. The van der Waals surface area contributed by atoms with Gasteiger partial charge in [0, 0.05) is 25.2 Å². The fraction of sp³-hybridized carbons (Fsp3) is 0.889. The van der Waals surface area contributed by atoms with Crippen LogP contribution in [0, 0.1) is 5.92 Å². The minimum absolute atomic E-state index is 0.119. The number of nitrogens with two attached hydrogens (primary N) is 1. The minimum Gasteiger partial charge on any atom is -0.370 e. The van der Waals surface area contributed by atoms with Crippen LogP contribution in [0.25, 0.3) is 0 Å². The average molecular weight is 338 g/mol. The molecule has 1 amide bonds. The molecule has 2 heterocycles. The number of piperidine rings is 2. The van der Waals surface area contributed by atoms with Gasteiger partial charge in [0.2, 0.25) is 5.91 Å². The maximum atomic E-state index is 12.0. The normalized spacial score (nSPS) is 21.8. The maximum Gasteiger partial charge on any atom is 0.234 e. The SMILES string of the molecule is CC(C)(C)NC(=O)CN1CCC(CN=C(N)N2CCCCC2)CC1. The van der Waals surface area contributed by atoms with Crippen molar-refractivity contribution in [1.82, 2.24) is 15.1 Å². The number of amides is 1. The van der Waals surface area contributed by atoms with Gasteiger partial charge in [0.25, 0.3) is 0 Å². The summed E-state index contributed by atoms with van der Waals surface area (Å²) >= 11 is 0. The van der Waals surface area contributed by atoms with Gasteiger partial charge in [0.15, 0.2) is 5.96 Å². The summed E-state index contributed by atoms with van der Waals surface area (Å²) in [5.41, 5.74) is 5.97. The minimum atomic E-state index is -0.157. The average Bonchev–Trinajstić information content (AvgIpc) is 2.53. The molecule has 0 unspecified atom stereocenters. The van der Waals surface area contributed by atoms with E-state index < -0.39 is 0 Å². The van der Waals surface area contributed by atoms with E-state index in [1.165, 1.54) is 19.3 Å². The van der Waals surface area contributed by atoms with Crippen LogP contribution in [0.5, 0.6) is 0 Å². The molecule has 0 bridgehead atoms. The van der Waals surface area contributed by atoms with Crippen molar-refractivity contribution in [3.63, 3.8) is 0 Å². The van der Waals surface area contributed by atoms with Gasteiger partial charge in [-0.2, -0.15) is 0 Å². The number of carbonyl (C=O) groups excluding carboxylic acids is 1. The van der Waals surface area contributed by atoms with Crippen LogP contribution >= 0.6 is 0 Å². The van der Waals surface area contributed by atoms with Gasteiger partial charge in [0.1, 0.15) is 0 Å². The van der Waals surface area contributed by atoms with Gasteiger partial charge < -0.3 is 16.0 Å². The molecule has 0 atom stereocenters. The summed E-state index contributed by atoms with van der Waals surface area (Å²) in [5, 5.41) is 3.03. The van der Waals surface area contributed by atoms with Gasteiger partial charge in [-0.25, -0.2) is 0 Å². The van der Waals surface area contributed by atoms with Crippen LogP contribution in [0.3, 0.4) is 0 Å². The third-order valence-corrected chi connectivity index (χ3v) is 4.78. The summed E-state index contributed by atoms with van der Waals surface area (Å²) in [6, 6.07) is 0. The van der Waals surface area contributed by atoms with E-state index in [1.54, 1.807) is 0 Å². The summed E-state index contributed by atoms with van der Waals surface area (Å²) in [7, 11) is 0. The van der Waals surface area contributed by atoms with E-state index in [0.29, 0.717) is 12.5 Å². The molecule has 6 heteroatoms. The molecule has 0 aromatic rings. The Bertz CT molecular complexity index is 429. The Balaban J connectivity index is 1.68. The van der Waals surface area contributed by atoms with E-state index in [9.17, 15) is 4.79 Å². The number of carbonyl (C=O) groups is 1. The summed E-state index contributed by atoms with van der Waals surface area (Å²) in [6.45, 7) is 11.4. The van der Waals surface area contributed by atoms with Crippen molar-refractivity contribution in [2.45, 2.75) is 58.4 Å². The monoisotopic (exact) mass is 337 g/mol. The van der Waals surface area contributed by atoms with Crippen LogP contribution in [-0.4, -0.2) is 66.5 Å². The summed E-state index contributed by atoms with van der Waals surface area (Å²) < 4.78 is 0. The van der Waals surface area contributed by atoms with Gasteiger partial charge in [0.05, 0.1) is 6.54 Å². The highest BCUT2D eigenvalue weighted by Gasteiger charge is 2.22. The van der Waals surface area contributed by atoms with E-state index in [0.717, 1.165) is 51.5 Å². The molecule has 0 radical (unpaired) electrons. The Morgan fingerprint density at radius 2 is 1.75 bits per heavy atom. The number of guanidine groups is 1. The van der Waals surface area contributed by atoms with Crippen LogP contribution in [0.15, 0.2) is 4.99 Å². The topological polar surface area (TPSA) is 74.0 Å². The highest BCUT2D eigenvalue weighted by atomic mass is 16.2. The first-order chi connectivity index (χ1) is 11.3. The number of aliphatic imine (C=N–C) groups is 1. The van der Waals surface area contributed by atoms with E-state index in [1.807, 2.05) is 20.8 Å². The Morgan fingerprint density at radius 1 is 1.12 bits per heavy atom. The highest BCUT2D eigenvalue weighted by molar-refractivity contribution is 5.79. The summed E-state index contributed by atoms with van der Waals surface area (Å²) in [6.07, 6.45) is 5.96. The van der Waals surface area contributed by atoms with E-state index in [4.69, 9.17) is 5.73 Å². The van der Waals surface area contributed by atoms with Crippen LogP contribution in [0.2, 0.25) is 0 Å². The standard InChI is InChI=1S/C18H35N5O/c1-18(2,3)21-16(24)14-22-11-7-15(8-12-22)13-20-17(19)23-9-5-4-6-10-23/h15H,4-14H2,1-3H3,(H2,19,20)(H,21,24). The predicted octanol–water partition coefficient (Wildman–Crippen LogP) is 1.41. The molecule has 2 aliphatic heterocycles. The largest absolute Gasteiger partial charge is 0.370 e. The molecule has 6 nitrogen and oxygen atoms in total.